The zero-order valence-electron chi connectivity index (χ0n) is 8.18. The number of carbonyl (C=O) groups is 1. The molecule has 0 aromatic carbocycles. The summed E-state index contributed by atoms with van der Waals surface area (Å²) in [5.74, 6) is 1.04. The molecule has 1 aliphatic heterocycles. The predicted octanol–water partition coefficient (Wildman–Crippen LogP) is 2.04. The van der Waals surface area contributed by atoms with Crippen LogP contribution in [-0.4, -0.2) is 23.9 Å². The van der Waals surface area contributed by atoms with Crippen LogP contribution < -0.4 is 0 Å². The van der Waals surface area contributed by atoms with Crippen molar-refractivity contribution < 1.29 is 4.79 Å². The third-order valence-corrected chi connectivity index (χ3v) is 2.48. The number of amides is 1. The van der Waals surface area contributed by atoms with Gasteiger partial charge in [-0.25, -0.2) is 0 Å². The van der Waals surface area contributed by atoms with Crippen LogP contribution in [0.2, 0.25) is 0 Å². The Hall–Kier alpha value is -0.530. The van der Waals surface area contributed by atoms with Crippen LogP contribution in [0.5, 0.6) is 0 Å². The predicted molar refractivity (Wildman–Crippen MR) is 49.9 cm³/mol. The SMILES string of the molecule is CCCC(C)CN1CCCC1=O. The maximum atomic E-state index is 11.2. The van der Waals surface area contributed by atoms with Gasteiger partial charge in [0.25, 0.3) is 0 Å². The second kappa shape index (κ2) is 4.48. The molecule has 0 spiro atoms. The highest BCUT2D eigenvalue weighted by Gasteiger charge is 2.20. The zero-order chi connectivity index (χ0) is 8.97. The van der Waals surface area contributed by atoms with E-state index in [9.17, 15) is 4.79 Å². The van der Waals surface area contributed by atoms with E-state index < -0.39 is 0 Å². The first-order valence-electron chi connectivity index (χ1n) is 5.01. The summed E-state index contributed by atoms with van der Waals surface area (Å²) in [6, 6.07) is 0. The fourth-order valence-corrected chi connectivity index (χ4v) is 1.86. The third kappa shape index (κ3) is 2.50. The van der Waals surface area contributed by atoms with E-state index in [1.165, 1.54) is 12.8 Å². The Morgan fingerprint density at radius 1 is 1.58 bits per heavy atom. The number of rotatable bonds is 4. The smallest absolute Gasteiger partial charge is 0.222 e. The topological polar surface area (TPSA) is 20.3 Å². The Balaban J connectivity index is 2.25. The minimum atomic E-state index is 0.359. The standard InChI is InChI=1S/C10H19NO/c1-3-5-9(2)8-11-7-4-6-10(11)12/h9H,3-8H2,1-2H3. The van der Waals surface area contributed by atoms with Crippen LogP contribution in [0.1, 0.15) is 39.5 Å². The molecule has 0 bridgehead atoms. The van der Waals surface area contributed by atoms with Gasteiger partial charge in [-0.1, -0.05) is 20.3 Å². The first kappa shape index (κ1) is 9.56. The monoisotopic (exact) mass is 169 g/mol. The Morgan fingerprint density at radius 3 is 2.83 bits per heavy atom. The van der Waals surface area contributed by atoms with E-state index in [2.05, 4.69) is 13.8 Å². The first-order chi connectivity index (χ1) is 5.74. The molecule has 0 radical (unpaired) electrons. The Kier molecular flexibility index (Phi) is 3.57. The lowest BCUT2D eigenvalue weighted by Gasteiger charge is -2.19. The van der Waals surface area contributed by atoms with Crippen molar-refractivity contribution in [2.75, 3.05) is 13.1 Å². The van der Waals surface area contributed by atoms with Crippen molar-refractivity contribution in [3.8, 4) is 0 Å². The van der Waals surface area contributed by atoms with Crippen molar-refractivity contribution in [2.45, 2.75) is 39.5 Å². The molecule has 0 N–H and O–H groups in total. The highest BCUT2D eigenvalue weighted by atomic mass is 16.2. The fourth-order valence-electron chi connectivity index (χ4n) is 1.86. The van der Waals surface area contributed by atoms with Gasteiger partial charge >= 0.3 is 0 Å². The number of likely N-dealkylation sites (tertiary alicyclic amines) is 1. The molecule has 1 atom stereocenters. The summed E-state index contributed by atoms with van der Waals surface area (Å²) in [5.41, 5.74) is 0. The van der Waals surface area contributed by atoms with Gasteiger partial charge in [0, 0.05) is 19.5 Å². The van der Waals surface area contributed by atoms with E-state index in [0.29, 0.717) is 11.8 Å². The molecule has 1 heterocycles. The average Bonchev–Trinajstić information content (AvgIpc) is 2.37. The first-order valence-corrected chi connectivity index (χ1v) is 5.01. The summed E-state index contributed by atoms with van der Waals surface area (Å²) in [7, 11) is 0. The molecule has 2 nitrogen and oxygen atoms in total. The van der Waals surface area contributed by atoms with E-state index in [-0.39, 0.29) is 0 Å². The van der Waals surface area contributed by atoms with Crippen molar-refractivity contribution in [1.82, 2.24) is 4.90 Å². The third-order valence-electron chi connectivity index (χ3n) is 2.48. The largest absolute Gasteiger partial charge is 0.342 e. The lowest BCUT2D eigenvalue weighted by molar-refractivity contribution is -0.128. The minimum Gasteiger partial charge on any atom is -0.342 e. The van der Waals surface area contributed by atoms with Crippen molar-refractivity contribution in [3.05, 3.63) is 0 Å². The summed E-state index contributed by atoms with van der Waals surface area (Å²) in [6.07, 6.45) is 4.31. The van der Waals surface area contributed by atoms with Gasteiger partial charge in [0.05, 0.1) is 0 Å². The number of nitrogens with zero attached hydrogens (tertiary/aromatic N) is 1. The molecule has 2 heteroatoms. The van der Waals surface area contributed by atoms with Crippen LogP contribution in [0.3, 0.4) is 0 Å². The van der Waals surface area contributed by atoms with Crippen LogP contribution in [0.15, 0.2) is 0 Å². The summed E-state index contributed by atoms with van der Waals surface area (Å²) < 4.78 is 0. The lowest BCUT2D eigenvalue weighted by Crippen LogP contribution is -2.29. The lowest BCUT2D eigenvalue weighted by atomic mass is 10.1. The zero-order valence-corrected chi connectivity index (χ0v) is 8.18. The normalized spacial score (nSPS) is 20.2. The van der Waals surface area contributed by atoms with Gasteiger partial charge in [-0.15, -0.1) is 0 Å². The van der Waals surface area contributed by atoms with Crippen molar-refractivity contribution in [2.24, 2.45) is 5.92 Å². The molecule has 0 saturated carbocycles. The highest BCUT2D eigenvalue weighted by Crippen LogP contribution is 2.14. The molecule has 1 unspecified atom stereocenters. The van der Waals surface area contributed by atoms with Crippen molar-refractivity contribution in [1.29, 1.82) is 0 Å². The summed E-state index contributed by atoms with van der Waals surface area (Å²) in [4.78, 5) is 13.3. The molecule has 1 aliphatic rings. The molecular weight excluding hydrogens is 150 g/mol. The molecule has 70 valence electrons. The van der Waals surface area contributed by atoms with Gasteiger partial charge in [0.2, 0.25) is 5.91 Å². The average molecular weight is 169 g/mol. The molecule has 0 aromatic heterocycles. The summed E-state index contributed by atoms with van der Waals surface area (Å²) in [6.45, 7) is 6.40. The van der Waals surface area contributed by atoms with Crippen LogP contribution in [0, 0.1) is 5.92 Å². The molecule has 1 rings (SSSR count). The quantitative estimate of drug-likeness (QED) is 0.630. The molecule has 12 heavy (non-hydrogen) atoms. The van der Waals surface area contributed by atoms with Gasteiger partial charge in [-0.3, -0.25) is 4.79 Å². The van der Waals surface area contributed by atoms with Gasteiger partial charge in [0.15, 0.2) is 0 Å². The molecule has 1 amide bonds. The second-order valence-electron chi connectivity index (χ2n) is 3.84. The van der Waals surface area contributed by atoms with Crippen LogP contribution in [0.25, 0.3) is 0 Å². The van der Waals surface area contributed by atoms with Crippen molar-refractivity contribution in [3.63, 3.8) is 0 Å². The molecule has 0 aliphatic carbocycles. The molecule has 1 fully saturated rings. The molecule has 0 aromatic rings. The molecular formula is C10H19NO. The maximum absolute atomic E-state index is 11.2. The van der Waals surface area contributed by atoms with Gasteiger partial charge < -0.3 is 4.90 Å². The van der Waals surface area contributed by atoms with E-state index >= 15 is 0 Å². The summed E-state index contributed by atoms with van der Waals surface area (Å²) in [5, 5.41) is 0. The van der Waals surface area contributed by atoms with E-state index in [1.54, 1.807) is 0 Å². The number of hydrogen-bond acceptors (Lipinski definition) is 1. The van der Waals surface area contributed by atoms with E-state index in [0.717, 1.165) is 25.9 Å². The van der Waals surface area contributed by atoms with Gasteiger partial charge in [0.1, 0.15) is 0 Å². The van der Waals surface area contributed by atoms with Crippen LogP contribution in [-0.2, 0) is 4.79 Å². The highest BCUT2D eigenvalue weighted by molar-refractivity contribution is 5.78. The maximum Gasteiger partial charge on any atom is 0.222 e. The van der Waals surface area contributed by atoms with E-state index in [4.69, 9.17) is 0 Å². The van der Waals surface area contributed by atoms with Crippen LogP contribution >= 0.6 is 0 Å². The Labute approximate surface area is 74.9 Å². The second-order valence-corrected chi connectivity index (χ2v) is 3.84. The van der Waals surface area contributed by atoms with Gasteiger partial charge in [-0.2, -0.15) is 0 Å². The van der Waals surface area contributed by atoms with E-state index in [1.807, 2.05) is 4.90 Å². The fraction of sp³-hybridized carbons (Fsp3) is 0.900. The minimum absolute atomic E-state index is 0.359. The number of carbonyl (C=O) groups excluding carboxylic acids is 1. The summed E-state index contributed by atoms with van der Waals surface area (Å²) >= 11 is 0. The van der Waals surface area contributed by atoms with Crippen molar-refractivity contribution >= 4 is 5.91 Å². The Morgan fingerprint density at radius 2 is 2.33 bits per heavy atom. The molecule has 1 saturated heterocycles. The van der Waals surface area contributed by atoms with Gasteiger partial charge in [-0.05, 0) is 18.8 Å². The number of hydrogen-bond donors (Lipinski definition) is 0. The van der Waals surface area contributed by atoms with Crippen LogP contribution in [0.4, 0.5) is 0 Å². The Bertz CT molecular complexity index is 156.